The smallest absolute Gasteiger partial charge is 0.127 e. The van der Waals surface area contributed by atoms with E-state index in [9.17, 15) is 0 Å². The fraction of sp³-hybridized carbons (Fsp3) is 0.300. The molecule has 0 bridgehead atoms. The molecule has 0 aliphatic rings. The van der Waals surface area contributed by atoms with E-state index in [1.165, 1.54) is 5.56 Å². The molecule has 0 radical (unpaired) electrons. The van der Waals surface area contributed by atoms with E-state index in [1.807, 2.05) is 30.3 Å². The molecule has 1 unspecified atom stereocenters. The second kappa shape index (κ2) is 8.31. The summed E-state index contributed by atoms with van der Waals surface area (Å²) in [7, 11) is 0. The molecule has 2 rings (SSSR count). The summed E-state index contributed by atoms with van der Waals surface area (Å²) < 4.78 is 5.83. The van der Waals surface area contributed by atoms with Crippen LogP contribution in [0, 0.1) is 0 Å². The molecular weight excluding hydrogens is 256 g/mol. The maximum atomic E-state index is 5.83. The van der Waals surface area contributed by atoms with Crippen molar-refractivity contribution in [2.45, 2.75) is 39.0 Å². The maximum Gasteiger partial charge on any atom is 0.127 e. The van der Waals surface area contributed by atoms with Gasteiger partial charge in [-0.25, -0.2) is 0 Å². The van der Waals surface area contributed by atoms with Gasteiger partial charge in [-0.3, -0.25) is 0 Å². The zero-order chi connectivity index (χ0) is 14.9. The summed E-state index contributed by atoms with van der Waals surface area (Å²) in [6.07, 6.45) is 7.93. The van der Waals surface area contributed by atoms with E-state index in [0.717, 1.165) is 30.8 Å². The molecule has 0 aliphatic carbocycles. The third kappa shape index (κ3) is 4.78. The van der Waals surface area contributed by atoms with Crippen LogP contribution in [0.3, 0.4) is 0 Å². The average molecular weight is 280 g/mol. The van der Waals surface area contributed by atoms with Crippen LogP contribution >= 0.6 is 0 Å². The highest BCUT2D eigenvalue weighted by molar-refractivity contribution is 5.34. The van der Waals surface area contributed by atoms with Crippen LogP contribution < -0.4 is 4.74 Å². The molecule has 0 amide bonds. The largest absolute Gasteiger partial charge is 0.457 e. The lowest BCUT2D eigenvalue weighted by Crippen LogP contribution is -1.96. The number of ether oxygens (including phenoxy) is 1. The summed E-state index contributed by atoms with van der Waals surface area (Å²) in [5.74, 6) is 2.37. The summed E-state index contributed by atoms with van der Waals surface area (Å²) in [6.45, 7) is 4.42. The van der Waals surface area contributed by atoms with Crippen LogP contribution in [0.15, 0.2) is 66.7 Å². The second-order valence-corrected chi connectivity index (χ2v) is 5.20. The van der Waals surface area contributed by atoms with Gasteiger partial charge in [-0.05, 0) is 55.0 Å². The van der Waals surface area contributed by atoms with Crippen molar-refractivity contribution >= 4 is 0 Å². The fourth-order valence-corrected chi connectivity index (χ4v) is 2.40. The third-order valence-electron chi connectivity index (χ3n) is 3.65. The average Bonchev–Trinajstić information content (AvgIpc) is 2.54. The van der Waals surface area contributed by atoms with Crippen LogP contribution in [0.25, 0.3) is 0 Å². The monoisotopic (exact) mass is 280 g/mol. The topological polar surface area (TPSA) is 9.23 Å². The molecule has 0 saturated heterocycles. The van der Waals surface area contributed by atoms with E-state index < -0.39 is 0 Å². The van der Waals surface area contributed by atoms with Gasteiger partial charge in [-0.1, -0.05) is 56.3 Å². The minimum atomic E-state index is 0.596. The van der Waals surface area contributed by atoms with Crippen LogP contribution in [0.4, 0.5) is 0 Å². The molecule has 1 atom stereocenters. The van der Waals surface area contributed by atoms with Crippen molar-refractivity contribution in [2.75, 3.05) is 0 Å². The van der Waals surface area contributed by atoms with Gasteiger partial charge in [0.25, 0.3) is 0 Å². The minimum Gasteiger partial charge on any atom is -0.457 e. The Hall–Kier alpha value is -2.02. The molecular formula is C20H24O. The number of hydrogen-bond acceptors (Lipinski definition) is 1. The fourth-order valence-electron chi connectivity index (χ4n) is 2.40. The van der Waals surface area contributed by atoms with E-state index in [0.29, 0.717) is 5.92 Å². The molecule has 0 spiro atoms. The van der Waals surface area contributed by atoms with Crippen molar-refractivity contribution in [3.8, 4) is 11.5 Å². The van der Waals surface area contributed by atoms with Crippen molar-refractivity contribution in [1.82, 2.24) is 0 Å². The van der Waals surface area contributed by atoms with Crippen LogP contribution in [0.5, 0.6) is 11.5 Å². The summed E-state index contributed by atoms with van der Waals surface area (Å²) in [6, 6.07) is 18.4. The maximum absolute atomic E-state index is 5.83. The summed E-state index contributed by atoms with van der Waals surface area (Å²) in [5.41, 5.74) is 1.39. The van der Waals surface area contributed by atoms with E-state index in [2.05, 4.69) is 50.3 Å². The Morgan fingerprint density at radius 2 is 1.52 bits per heavy atom. The molecule has 0 fully saturated rings. The van der Waals surface area contributed by atoms with Gasteiger partial charge >= 0.3 is 0 Å². The molecule has 0 aliphatic heterocycles. The first-order chi connectivity index (χ1) is 10.3. The quantitative estimate of drug-likeness (QED) is 0.538. The van der Waals surface area contributed by atoms with Gasteiger partial charge in [0.1, 0.15) is 11.5 Å². The predicted octanol–water partition coefficient (Wildman–Crippen LogP) is 6.33. The molecule has 1 nitrogen and oxygen atoms in total. The van der Waals surface area contributed by atoms with E-state index in [4.69, 9.17) is 4.74 Å². The van der Waals surface area contributed by atoms with Crippen molar-refractivity contribution in [3.63, 3.8) is 0 Å². The van der Waals surface area contributed by atoms with E-state index in [-0.39, 0.29) is 0 Å². The zero-order valence-electron chi connectivity index (χ0n) is 13.0. The van der Waals surface area contributed by atoms with Gasteiger partial charge in [0, 0.05) is 0 Å². The molecule has 1 heteroatoms. The molecule has 110 valence electrons. The molecule has 2 aromatic rings. The first-order valence-electron chi connectivity index (χ1n) is 7.81. The second-order valence-electron chi connectivity index (χ2n) is 5.20. The Morgan fingerprint density at radius 3 is 2.14 bits per heavy atom. The Bertz CT molecular complexity index is 540. The molecule has 0 saturated carbocycles. The van der Waals surface area contributed by atoms with Crippen molar-refractivity contribution in [2.24, 2.45) is 0 Å². The SMILES string of the molecule is CC/C=C\CC(CC)c1ccc(Oc2ccccc2)cc1. The molecule has 2 aromatic carbocycles. The van der Waals surface area contributed by atoms with E-state index in [1.54, 1.807) is 0 Å². The molecule has 21 heavy (non-hydrogen) atoms. The lowest BCUT2D eigenvalue weighted by Gasteiger charge is -2.14. The molecule has 0 N–H and O–H groups in total. The number of hydrogen-bond donors (Lipinski definition) is 0. The van der Waals surface area contributed by atoms with Gasteiger partial charge in [0.15, 0.2) is 0 Å². The van der Waals surface area contributed by atoms with Crippen LogP contribution in [0.1, 0.15) is 44.6 Å². The van der Waals surface area contributed by atoms with Gasteiger partial charge in [0.2, 0.25) is 0 Å². The Morgan fingerprint density at radius 1 is 0.857 bits per heavy atom. The predicted molar refractivity (Wildman–Crippen MR) is 90.0 cm³/mol. The van der Waals surface area contributed by atoms with Gasteiger partial charge in [0.05, 0.1) is 0 Å². The number of para-hydroxylation sites is 1. The minimum absolute atomic E-state index is 0.596. The lowest BCUT2D eigenvalue weighted by atomic mass is 9.93. The number of allylic oxidation sites excluding steroid dienone is 2. The first-order valence-corrected chi connectivity index (χ1v) is 7.81. The van der Waals surface area contributed by atoms with Crippen LogP contribution in [0.2, 0.25) is 0 Å². The molecule has 0 aromatic heterocycles. The summed E-state index contributed by atoms with van der Waals surface area (Å²) in [4.78, 5) is 0. The van der Waals surface area contributed by atoms with Crippen molar-refractivity contribution in [1.29, 1.82) is 0 Å². The summed E-state index contributed by atoms with van der Waals surface area (Å²) in [5, 5.41) is 0. The Labute approximate surface area is 128 Å². The highest BCUT2D eigenvalue weighted by Gasteiger charge is 2.07. The number of rotatable bonds is 7. The van der Waals surface area contributed by atoms with Gasteiger partial charge < -0.3 is 4.74 Å². The molecule has 0 heterocycles. The Balaban J connectivity index is 2.02. The van der Waals surface area contributed by atoms with Crippen LogP contribution in [-0.2, 0) is 0 Å². The standard InChI is InChI=1S/C20H24O/c1-3-5-7-10-17(4-2)18-13-15-20(16-14-18)21-19-11-8-6-9-12-19/h5-9,11-17H,3-4,10H2,1-2H3/b7-5-. The highest BCUT2D eigenvalue weighted by atomic mass is 16.5. The first kappa shape index (κ1) is 15.4. The van der Waals surface area contributed by atoms with Crippen molar-refractivity contribution < 1.29 is 4.74 Å². The van der Waals surface area contributed by atoms with Gasteiger partial charge in [-0.15, -0.1) is 0 Å². The van der Waals surface area contributed by atoms with Crippen LogP contribution in [-0.4, -0.2) is 0 Å². The Kier molecular flexibility index (Phi) is 6.08. The number of benzene rings is 2. The van der Waals surface area contributed by atoms with Crippen molar-refractivity contribution in [3.05, 3.63) is 72.3 Å². The van der Waals surface area contributed by atoms with Gasteiger partial charge in [-0.2, -0.15) is 0 Å². The lowest BCUT2D eigenvalue weighted by molar-refractivity contribution is 0.482. The summed E-state index contributed by atoms with van der Waals surface area (Å²) >= 11 is 0. The normalized spacial score (nSPS) is 12.5. The van der Waals surface area contributed by atoms with E-state index >= 15 is 0 Å². The zero-order valence-corrected chi connectivity index (χ0v) is 13.0. The highest BCUT2D eigenvalue weighted by Crippen LogP contribution is 2.27. The third-order valence-corrected chi connectivity index (χ3v) is 3.65.